The quantitative estimate of drug-likeness (QED) is 0.871. The third-order valence-electron chi connectivity index (χ3n) is 2.79. The number of rotatable bonds is 3. The molecule has 2 rings (SSSR count). The first-order valence-electron chi connectivity index (χ1n) is 5.62. The van der Waals surface area contributed by atoms with Gasteiger partial charge in [0.2, 0.25) is 5.28 Å². The van der Waals surface area contributed by atoms with Gasteiger partial charge in [-0.3, -0.25) is 13.9 Å². The van der Waals surface area contributed by atoms with Crippen molar-refractivity contribution in [2.75, 3.05) is 0 Å². The Bertz CT molecular complexity index is 759. The number of aryl methyl sites for hydroxylation is 1. The number of fused-ring (bicyclic) bond motifs is 1. The number of hydrogen-bond donors (Lipinski definition) is 1. The van der Waals surface area contributed by atoms with Crippen LogP contribution in [-0.4, -0.2) is 25.3 Å². The van der Waals surface area contributed by atoms with Crippen LogP contribution >= 0.6 is 11.6 Å². The summed E-state index contributed by atoms with van der Waals surface area (Å²) in [6.07, 6.45) is -5.62. The van der Waals surface area contributed by atoms with Gasteiger partial charge in [-0.05, 0) is 18.0 Å². The van der Waals surface area contributed by atoms with Crippen molar-refractivity contribution in [2.45, 2.75) is 25.6 Å². The maximum Gasteiger partial charge on any atom is 0.389 e. The van der Waals surface area contributed by atoms with Crippen LogP contribution in [0.2, 0.25) is 5.28 Å². The zero-order valence-corrected chi connectivity index (χ0v) is 11.0. The first-order chi connectivity index (χ1) is 9.20. The SMILES string of the molecule is Cn1c(=O)c2[nH]c(Cl)nc2n(CCCC(F)(F)F)c1=O. The molecular weight excluding hydrogens is 301 g/mol. The van der Waals surface area contributed by atoms with Crippen LogP contribution in [0, 0.1) is 0 Å². The molecule has 0 fully saturated rings. The van der Waals surface area contributed by atoms with Gasteiger partial charge in [-0.15, -0.1) is 0 Å². The molecule has 0 radical (unpaired) electrons. The summed E-state index contributed by atoms with van der Waals surface area (Å²) in [5.41, 5.74) is -1.40. The second-order valence-electron chi connectivity index (χ2n) is 4.24. The fraction of sp³-hybridized carbons (Fsp3) is 0.500. The van der Waals surface area contributed by atoms with Gasteiger partial charge in [0, 0.05) is 20.0 Å². The molecule has 6 nitrogen and oxygen atoms in total. The molecule has 0 unspecified atom stereocenters. The third-order valence-corrected chi connectivity index (χ3v) is 2.97. The maximum atomic E-state index is 12.1. The van der Waals surface area contributed by atoms with Gasteiger partial charge in [-0.1, -0.05) is 0 Å². The molecule has 0 saturated carbocycles. The molecular formula is C10H10ClF3N4O2. The molecule has 0 atom stereocenters. The Balaban J connectivity index is 2.47. The predicted octanol–water partition coefficient (Wildman–Crippen LogP) is 1.42. The van der Waals surface area contributed by atoms with Gasteiger partial charge in [-0.2, -0.15) is 18.2 Å². The minimum Gasteiger partial charge on any atom is -0.323 e. The topological polar surface area (TPSA) is 72.7 Å². The summed E-state index contributed by atoms with van der Waals surface area (Å²) in [6, 6.07) is 0. The number of hydrogen-bond acceptors (Lipinski definition) is 3. The highest BCUT2D eigenvalue weighted by molar-refractivity contribution is 6.28. The van der Waals surface area contributed by atoms with Crippen molar-refractivity contribution in [1.29, 1.82) is 0 Å². The lowest BCUT2D eigenvalue weighted by molar-refractivity contribution is -0.135. The fourth-order valence-corrected chi connectivity index (χ4v) is 2.02. The summed E-state index contributed by atoms with van der Waals surface area (Å²) in [4.78, 5) is 30.0. The molecule has 0 bridgehead atoms. The Hall–Kier alpha value is -1.77. The Morgan fingerprint density at radius 3 is 2.60 bits per heavy atom. The number of H-pyrrole nitrogens is 1. The summed E-state index contributed by atoms with van der Waals surface area (Å²) in [5.74, 6) is 0. The summed E-state index contributed by atoms with van der Waals surface area (Å²) in [6.45, 7) is -0.204. The molecule has 0 aliphatic rings. The van der Waals surface area contributed by atoms with Crippen molar-refractivity contribution in [3.05, 3.63) is 26.1 Å². The lowest BCUT2D eigenvalue weighted by Gasteiger charge is -2.09. The van der Waals surface area contributed by atoms with E-state index in [-0.39, 0.29) is 29.4 Å². The number of imidazole rings is 1. The van der Waals surface area contributed by atoms with Crippen molar-refractivity contribution in [1.82, 2.24) is 19.1 Å². The molecule has 0 amide bonds. The summed E-state index contributed by atoms with van der Waals surface area (Å²) < 4.78 is 38.2. The van der Waals surface area contributed by atoms with Crippen LogP contribution in [0.25, 0.3) is 11.2 Å². The third kappa shape index (κ3) is 2.72. The van der Waals surface area contributed by atoms with Crippen molar-refractivity contribution in [3.63, 3.8) is 0 Å². The highest BCUT2D eigenvalue weighted by atomic mass is 35.5. The maximum absolute atomic E-state index is 12.1. The molecule has 0 spiro atoms. The normalized spacial score (nSPS) is 12.2. The first-order valence-corrected chi connectivity index (χ1v) is 6.00. The summed E-state index contributed by atoms with van der Waals surface area (Å²) in [7, 11) is 1.24. The fourth-order valence-electron chi connectivity index (χ4n) is 1.85. The van der Waals surface area contributed by atoms with Crippen LogP contribution in [0.4, 0.5) is 13.2 Å². The highest BCUT2D eigenvalue weighted by Crippen LogP contribution is 2.21. The Labute approximate surface area is 114 Å². The Kier molecular flexibility index (Phi) is 3.63. The molecule has 0 aliphatic heterocycles. The Morgan fingerprint density at radius 1 is 1.35 bits per heavy atom. The standard InChI is InChI=1S/C10H10ClF3N4O2/c1-17-7(19)5-6(16-8(11)15-5)18(9(17)20)4-2-3-10(12,13)14/h2-4H2,1H3,(H,15,16). The van der Waals surface area contributed by atoms with Gasteiger partial charge >= 0.3 is 11.9 Å². The van der Waals surface area contributed by atoms with Crippen molar-refractivity contribution < 1.29 is 13.2 Å². The number of aromatic amines is 1. The van der Waals surface area contributed by atoms with Gasteiger partial charge in [0.15, 0.2) is 11.2 Å². The molecule has 0 saturated heterocycles. The molecule has 0 aromatic carbocycles. The molecule has 110 valence electrons. The lowest BCUT2D eigenvalue weighted by atomic mass is 10.3. The van der Waals surface area contributed by atoms with Crippen LogP contribution in [0.1, 0.15) is 12.8 Å². The molecule has 2 aromatic rings. The summed E-state index contributed by atoms with van der Waals surface area (Å²) in [5, 5.41) is -0.104. The molecule has 2 heterocycles. The number of nitrogens with zero attached hydrogens (tertiary/aromatic N) is 3. The van der Waals surface area contributed by atoms with E-state index in [1.54, 1.807) is 0 Å². The molecule has 10 heteroatoms. The largest absolute Gasteiger partial charge is 0.389 e. The van der Waals surface area contributed by atoms with Gasteiger partial charge in [0.25, 0.3) is 5.56 Å². The van der Waals surface area contributed by atoms with Crippen molar-refractivity contribution >= 4 is 22.8 Å². The number of alkyl halides is 3. The number of nitrogens with one attached hydrogen (secondary N) is 1. The van der Waals surface area contributed by atoms with Gasteiger partial charge in [-0.25, -0.2) is 4.79 Å². The Morgan fingerprint density at radius 2 is 2.00 bits per heavy atom. The van der Waals surface area contributed by atoms with Gasteiger partial charge in [0.1, 0.15) is 0 Å². The molecule has 2 aromatic heterocycles. The number of halogens is 4. The first kappa shape index (κ1) is 14.6. The minimum absolute atomic E-state index is 0.0101. The van der Waals surface area contributed by atoms with E-state index in [1.807, 2.05) is 0 Å². The average molecular weight is 311 g/mol. The van der Waals surface area contributed by atoms with Crippen LogP contribution in [-0.2, 0) is 13.6 Å². The second-order valence-corrected chi connectivity index (χ2v) is 4.60. The van der Waals surface area contributed by atoms with E-state index in [0.29, 0.717) is 0 Å². The average Bonchev–Trinajstić information content (AvgIpc) is 2.71. The van der Waals surface area contributed by atoms with Gasteiger partial charge < -0.3 is 4.98 Å². The molecule has 20 heavy (non-hydrogen) atoms. The highest BCUT2D eigenvalue weighted by Gasteiger charge is 2.26. The zero-order valence-electron chi connectivity index (χ0n) is 10.3. The van der Waals surface area contributed by atoms with E-state index in [1.165, 1.54) is 7.05 Å². The van der Waals surface area contributed by atoms with E-state index < -0.39 is 23.8 Å². The molecule has 1 N–H and O–H groups in total. The summed E-state index contributed by atoms with van der Waals surface area (Å²) >= 11 is 5.63. The number of aromatic nitrogens is 4. The van der Waals surface area contributed by atoms with E-state index in [4.69, 9.17) is 11.6 Å². The second kappa shape index (κ2) is 4.97. The predicted molar refractivity (Wildman–Crippen MR) is 65.9 cm³/mol. The van der Waals surface area contributed by atoms with Crippen LogP contribution in [0.15, 0.2) is 9.59 Å². The minimum atomic E-state index is -4.30. The molecule has 0 aliphatic carbocycles. The van der Waals surface area contributed by atoms with Crippen LogP contribution < -0.4 is 11.2 Å². The van der Waals surface area contributed by atoms with Gasteiger partial charge in [0.05, 0.1) is 0 Å². The lowest BCUT2D eigenvalue weighted by Crippen LogP contribution is -2.38. The monoisotopic (exact) mass is 310 g/mol. The smallest absolute Gasteiger partial charge is 0.323 e. The van der Waals surface area contributed by atoms with Crippen molar-refractivity contribution in [2.24, 2.45) is 7.05 Å². The van der Waals surface area contributed by atoms with E-state index >= 15 is 0 Å². The van der Waals surface area contributed by atoms with E-state index in [9.17, 15) is 22.8 Å². The van der Waals surface area contributed by atoms with Crippen LogP contribution in [0.3, 0.4) is 0 Å². The zero-order chi connectivity index (χ0) is 15.1. The van der Waals surface area contributed by atoms with Crippen molar-refractivity contribution in [3.8, 4) is 0 Å². The van der Waals surface area contributed by atoms with E-state index in [2.05, 4.69) is 9.97 Å². The van der Waals surface area contributed by atoms with E-state index in [0.717, 1.165) is 9.13 Å². The van der Waals surface area contributed by atoms with Crippen LogP contribution in [0.5, 0.6) is 0 Å².